The molecule has 2 amide bonds. The summed E-state index contributed by atoms with van der Waals surface area (Å²) in [6.07, 6.45) is 0.914. The highest BCUT2D eigenvalue weighted by atomic mass is 35.5. The van der Waals surface area contributed by atoms with Crippen molar-refractivity contribution in [2.75, 3.05) is 17.4 Å². The summed E-state index contributed by atoms with van der Waals surface area (Å²) in [4.78, 5) is 29.9. The molecule has 1 atom stereocenters. The van der Waals surface area contributed by atoms with E-state index in [0.29, 0.717) is 39.8 Å². The van der Waals surface area contributed by atoms with Crippen LogP contribution in [-0.4, -0.2) is 44.3 Å². The Morgan fingerprint density at radius 2 is 1.52 bits per heavy atom. The molecular weight excluding hydrogens is 641 g/mol. The lowest BCUT2D eigenvalue weighted by molar-refractivity contribution is -0.140. The molecule has 0 aliphatic carbocycles. The maximum absolute atomic E-state index is 14.6. The van der Waals surface area contributed by atoms with E-state index in [2.05, 4.69) is 5.32 Å². The van der Waals surface area contributed by atoms with Crippen LogP contribution in [0.3, 0.4) is 0 Å². The van der Waals surface area contributed by atoms with Crippen molar-refractivity contribution in [3.05, 3.63) is 129 Å². The first kappa shape index (κ1) is 35.0. The van der Waals surface area contributed by atoms with E-state index in [1.807, 2.05) is 70.2 Å². The van der Waals surface area contributed by atoms with Crippen molar-refractivity contribution in [1.82, 2.24) is 10.2 Å². The van der Waals surface area contributed by atoms with Crippen LogP contribution >= 0.6 is 23.2 Å². The second-order valence-electron chi connectivity index (χ2n) is 11.4. The fourth-order valence-corrected chi connectivity index (χ4v) is 7.14. The number of hydrogen-bond acceptors (Lipinski definition) is 4. The summed E-state index contributed by atoms with van der Waals surface area (Å²) in [5, 5.41) is 3.70. The van der Waals surface area contributed by atoms with E-state index in [0.717, 1.165) is 21.0 Å². The predicted octanol–water partition coefficient (Wildman–Crippen LogP) is 7.28. The zero-order chi connectivity index (χ0) is 33.4. The van der Waals surface area contributed by atoms with Gasteiger partial charge in [0.15, 0.2) is 0 Å². The quantitative estimate of drug-likeness (QED) is 0.161. The normalized spacial score (nSPS) is 12.0. The van der Waals surface area contributed by atoms with Gasteiger partial charge >= 0.3 is 0 Å². The molecule has 0 aromatic heterocycles. The largest absolute Gasteiger partial charge is 0.354 e. The Bertz CT molecular complexity index is 1780. The summed E-state index contributed by atoms with van der Waals surface area (Å²) in [5.74, 6) is -0.905. The van der Waals surface area contributed by atoms with Crippen LogP contribution in [0.4, 0.5) is 5.69 Å². The van der Waals surface area contributed by atoms with Gasteiger partial charge in [0.1, 0.15) is 12.6 Å². The van der Waals surface area contributed by atoms with E-state index < -0.39 is 28.5 Å². The highest BCUT2D eigenvalue weighted by molar-refractivity contribution is 7.92. The zero-order valence-corrected chi connectivity index (χ0v) is 28.8. The van der Waals surface area contributed by atoms with Gasteiger partial charge in [0.05, 0.1) is 10.6 Å². The second kappa shape index (κ2) is 15.6. The van der Waals surface area contributed by atoms with Gasteiger partial charge in [-0.25, -0.2) is 8.42 Å². The Morgan fingerprint density at radius 3 is 2.15 bits per heavy atom. The SMILES string of the molecule is CCCNC(=O)C(Cc1ccccc1)N(Cc1ccc(Cl)cc1Cl)C(=O)CN(c1ccc(C)cc1C)S(=O)(=O)c1ccc(C)cc1. The lowest BCUT2D eigenvalue weighted by Crippen LogP contribution is -2.53. The van der Waals surface area contributed by atoms with Crippen molar-refractivity contribution >= 4 is 50.7 Å². The molecule has 4 rings (SSSR count). The van der Waals surface area contributed by atoms with Gasteiger partial charge in [0.2, 0.25) is 11.8 Å². The van der Waals surface area contributed by atoms with E-state index in [4.69, 9.17) is 23.2 Å². The minimum absolute atomic E-state index is 0.0445. The molecule has 0 radical (unpaired) electrons. The number of nitrogens with one attached hydrogen (secondary N) is 1. The van der Waals surface area contributed by atoms with E-state index in [1.165, 1.54) is 17.0 Å². The molecule has 46 heavy (non-hydrogen) atoms. The van der Waals surface area contributed by atoms with Crippen LogP contribution in [0.1, 0.15) is 41.2 Å². The smallest absolute Gasteiger partial charge is 0.264 e. The third-order valence-electron chi connectivity index (χ3n) is 7.68. The van der Waals surface area contributed by atoms with Crippen LogP contribution < -0.4 is 9.62 Å². The molecule has 242 valence electrons. The fraction of sp³-hybridized carbons (Fsp3) is 0.278. The molecular formula is C36H39Cl2N3O4S. The average Bonchev–Trinajstić information content (AvgIpc) is 3.02. The minimum Gasteiger partial charge on any atom is -0.354 e. The number of hydrogen-bond donors (Lipinski definition) is 1. The average molecular weight is 681 g/mol. The van der Waals surface area contributed by atoms with Crippen LogP contribution in [-0.2, 0) is 32.6 Å². The summed E-state index contributed by atoms with van der Waals surface area (Å²) >= 11 is 12.8. The van der Waals surface area contributed by atoms with E-state index in [-0.39, 0.29) is 23.8 Å². The number of anilines is 1. The van der Waals surface area contributed by atoms with E-state index >= 15 is 0 Å². The van der Waals surface area contributed by atoms with Crippen LogP contribution in [0.2, 0.25) is 10.0 Å². The number of rotatable bonds is 13. The van der Waals surface area contributed by atoms with Crippen LogP contribution in [0.5, 0.6) is 0 Å². The van der Waals surface area contributed by atoms with Crippen LogP contribution in [0, 0.1) is 20.8 Å². The zero-order valence-electron chi connectivity index (χ0n) is 26.5. The summed E-state index contributed by atoms with van der Waals surface area (Å²) in [7, 11) is -4.20. The van der Waals surface area contributed by atoms with Crippen molar-refractivity contribution < 1.29 is 18.0 Å². The van der Waals surface area contributed by atoms with Gasteiger partial charge in [0.25, 0.3) is 10.0 Å². The number of halogens is 2. The molecule has 4 aromatic carbocycles. The molecule has 4 aromatic rings. The van der Waals surface area contributed by atoms with Gasteiger partial charge in [0, 0.05) is 29.6 Å². The fourth-order valence-electron chi connectivity index (χ4n) is 5.19. The van der Waals surface area contributed by atoms with E-state index in [9.17, 15) is 18.0 Å². The third kappa shape index (κ3) is 8.69. The molecule has 0 saturated carbocycles. The maximum Gasteiger partial charge on any atom is 0.264 e. The number of carbonyl (C=O) groups excluding carboxylic acids is 2. The molecule has 0 fully saturated rings. The molecule has 0 aliphatic heterocycles. The van der Waals surface area contributed by atoms with Gasteiger partial charge in [-0.2, -0.15) is 0 Å². The lowest BCUT2D eigenvalue weighted by Gasteiger charge is -2.34. The third-order valence-corrected chi connectivity index (χ3v) is 10.0. The Morgan fingerprint density at radius 1 is 0.848 bits per heavy atom. The van der Waals surface area contributed by atoms with E-state index in [1.54, 1.807) is 36.4 Å². The summed E-state index contributed by atoms with van der Waals surface area (Å²) < 4.78 is 29.7. The topological polar surface area (TPSA) is 86.8 Å². The summed E-state index contributed by atoms with van der Waals surface area (Å²) in [5.41, 5.74) is 4.34. The second-order valence-corrected chi connectivity index (χ2v) is 14.1. The molecule has 7 nitrogen and oxygen atoms in total. The molecule has 10 heteroatoms. The number of nitrogens with zero attached hydrogens (tertiary/aromatic N) is 2. The first-order valence-electron chi connectivity index (χ1n) is 15.1. The van der Waals surface area contributed by atoms with Crippen molar-refractivity contribution in [2.24, 2.45) is 0 Å². The van der Waals surface area contributed by atoms with Crippen molar-refractivity contribution in [2.45, 2.75) is 58.0 Å². The molecule has 1 N–H and O–H groups in total. The highest BCUT2D eigenvalue weighted by Crippen LogP contribution is 2.29. The first-order valence-corrected chi connectivity index (χ1v) is 17.3. The molecule has 0 spiro atoms. The number of amides is 2. The molecule has 1 unspecified atom stereocenters. The van der Waals surface area contributed by atoms with Gasteiger partial charge in [-0.1, -0.05) is 102 Å². The van der Waals surface area contributed by atoms with Gasteiger partial charge in [-0.3, -0.25) is 13.9 Å². The van der Waals surface area contributed by atoms with Gasteiger partial charge in [-0.15, -0.1) is 0 Å². The number of carbonyl (C=O) groups is 2. The standard InChI is InChI=1S/C36H39Cl2N3O4S/c1-5-19-39-36(43)34(21-28-9-7-6-8-10-28)40(23-29-14-15-30(37)22-32(29)38)35(42)24-41(33-18-13-26(3)20-27(33)4)46(44,45)31-16-11-25(2)12-17-31/h6-18,20,22,34H,5,19,21,23-24H2,1-4H3,(H,39,43). The molecule has 0 saturated heterocycles. The van der Waals surface area contributed by atoms with Gasteiger partial charge in [-0.05, 0) is 74.2 Å². The Labute approximate surface area is 282 Å². The van der Waals surface area contributed by atoms with Gasteiger partial charge < -0.3 is 10.2 Å². The minimum atomic E-state index is -4.20. The summed E-state index contributed by atoms with van der Waals surface area (Å²) in [6.45, 7) is 7.38. The Balaban J connectivity index is 1.84. The van der Waals surface area contributed by atoms with Crippen LogP contribution in [0.15, 0.2) is 95.9 Å². The molecule has 0 aliphatic rings. The number of aryl methyl sites for hydroxylation is 3. The van der Waals surface area contributed by atoms with Crippen molar-refractivity contribution in [3.8, 4) is 0 Å². The molecule has 0 bridgehead atoms. The molecule has 0 heterocycles. The highest BCUT2D eigenvalue weighted by Gasteiger charge is 2.35. The Kier molecular flexibility index (Phi) is 11.9. The predicted molar refractivity (Wildman–Crippen MR) is 186 cm³/mol. The monoisotopic (exact) mass is 679 g/mol. The first-order chi connectivity index (χ1) is 21.9. The van der Waals surface area contributed by atoms with Crippen molar-refractivity contribution in [3.63, 3.8) is 0 Å². The van der Waals surface area contributed by atoms with Crippen molar-refractivity contribution in [1.29, 1.82) is 0 Å². The summed E-state index contributed by atoms with van der Waals surface area (Å²) in [6, 6.07) is 25.3. The lowest BCUT2D eigenvalue weighted by atomic mass is 10.0. The Hall–Kier alpha value is -3.85. The number of sulfonamides is 1. The maximum atomic E-state index is 14.6. The van der Waals surface area contributed by atoms with Crippen LogP contribution in [0.25, 0.3) is 0 Å². The number of benzene rings is 4.